The molecule has 3 rings (SSSR count). The summed E-state index contributed by atoms with van der Waals surface area (Å²) in [6, 6.07) is 8.73. The molecule has 2 aliphatic heterocycles. The molecule has 0 radical (unpaired) electrons. The summed E-state index contributed by atoms with van der Waals surface area (Å²) in [6.45, 7) is 7.12. The predicted molar refractivity (Wildman–Crippen MR) is 63.2 cm³/mol. The normalized spacial score (nSPS) is 29.5. The maximum atomic E-state index is 3.48. The van der Waals surface area contributed by atoms with Crippen molar-refractivity contribution in [3.05, 3.63) is 29.8 Å². The summed E-state index contributed by atoms with van der Waals surface area (Å²) in [5.74, 6) is 1.76. The first-order valence-corrected chi connectivity index (χ1v) is 5.86. The smallest absolute Gasteiger partial charge is 0.0396 e. The minimum absolute atomic E-state index is 0.879. The zero-order valence-electron chi connectivity index (χ0n) is 9.24. The molecule has 2 heterocycles. The van der Waals surface area contributed by atoms with Crippen molar-refractivity contribution in [3.63, 3.8) is 0 Å². The SMILES string of the molecule is Cc1ccccc1N1CC2CNCC2C1. The summed E-state index contributed by atoms with van der Waals surface area (Å²) in [5.41, 5.74) is 2.84. The third-order valence-electron chi connectivity index (χ3n) is 3.85. The van der Waals surface area contributed by atoms with Crippen molar-refractivity contribution in [2.24, 2.45) is 11.8 Å². The number of hydrogen-bond donors (Lipinski definition) is 1. The Morgan fingerprint density at radius 3 is 2.47 bits per heavy atom. The molecule has 2 fully saturated rings. The number of nitrogens with one attached hydrogen (secondary N) is 1. The van der Waals surface area contributed by atoms with E-state index in [9.17, 15) is 0 Å². The summed E-state index contributed by atoms with van der Waals surface area (Å²) in [6.07, 6.45) is 0. The molecular formula is C13H18N2. The Bertz CT molecular complexity index is 349. The van der Waals surface area contributed by atoms with Gasteiger partial charge in [-0.15, -0.1) is 0 Å². The number of rotatable bonds is 1. The molecule has 2 nitrogen and oxygen atoms in total. The van der Waals surface area contributed by atoms with E-state index in [2.05, 4.69) is 41.4 Å². The minimum Gasteiger partial charge on any atom is -0.371 e. The Morgan fingerprint density at radius 1 is 1.13 bits per heavy atom. The molecule has 0 aliphatic carbocycles. The molecule has 0 bridgehead atoms. The summed E-state index contributed by atoms with van der Waals surface area (Å²) in [5, 5.41) is 3.48. The lowest BCUT2D eigenvalue weighted by atomic mass is 10.0. The van der Waals surface area contributed by atoms with Gasteiger partial charge in [-0.2, -0.15) is 0 Å². The molecule has 2 saturated heterocycles. The van der Waals surface area contributed by atoms with Gasteiger partial charge in [-0.1, -0.05) is 18.2 Å². The van der Waals surface area contributed by atoms with Crippen molar-refractivity contribution >= 4 is 5.69 Å². The number of nitrogens with zero attached hydrogens (tertiary/aromatic N) is 1. The number of fused-ring (bicyclic) bond motifs is 1. The quantitative estimate of drug-likeness (QED) is 0.745. The van der Waals surface area contributed by atoms with Crippen LogP contribution in [0.25, 0.3) is 0 Å². The van der Waals surface area contributed by atoms with Crippen molar-refractivity contribution in [2.45, 2.75) is 6.92 Å². The first kappa shape index (κ1) is 9.22. The van der Waals surface area contributed by atoms with Gasteiger partial charge in [0.1, 0.15) is 0 Å². The second-order valence-electron chi connectivity index (χ2n) is 4.87. The van der Waals surface area contributed by atoms with Gasteiger partial charge in [0, 0.05) is 31.9 Å². The van der Waals surface area contributed by atoms with Gasteiger partial charge in [0.25, 0.3) is 0 Å². The van der Waals surface area contributed by atoms with E-state index in [1.807, 2.05) is 0 Å². The molecule has 0 saturated carbocycles. The highest BCUT2D eigenvalue weighted by Crippen LogP contribution is 2.31. The number of benzene rings is 1. The van der Waals surface area contributed by atoms with Crippen molar-refractivity contribution in [2.75, 3.05) is 31.1 Å². The Labute approximate surface area is 91.3 Å². The van der Waals surface area contributed by atoms with E-state index in [4.69, 9.17) is 0 Å². The second-order valence-corrected chi connectivity index (χ2v) is 4.87. The fraction of sp³-hybridized carbons (Fsp3) is 0.538. The molecule has 2 unspecified atom stereocenters. The highest BCUT2D eigenvalue weighted by molar-refractivity contribution is 5.54. The van der Waals surface area contributed by atoms with E-state index in [1.54, 1.807) is 0 Å². The van der Waals surface area contributed by atoms with Crippen LogP contribution in [0.15, 0.2) is 24.3 Å². The van der Waals surface area contributed by atoms with E-state index in [1.165, 1.54) is 37.4 Å². The monoisotopic (exact) mass is 202 g/mol. The lowest BCUT2D eigenvalue weighted by molar-refractivity contribution is 0.533. The lowest BCUT2D eigenvalue weighted by Gasteiger charge is -2.21. The van der Waals surface area contributed by atoms with Gasteiger partial charge in [0.2, 0.25) is 0 Å². The van der Waals surface area contributed by atoms with Gasteiger partial charge in [0.15, 0.2) is 0 Å². The Kier molecular flexibility index (Phi) is 2.17. The molecule has 1 N–H and O–H groups in total. The van der Waals surface area contributed by atoms with E-state index in [0.717, 1.165) is 11.8 Å². The van der Waals surface area contributed by atoms with Crippen LogP contribution < -0.4 is 10.2 Å². The summed E-state index contributed by atoms with van der Waals surface area (Å²) in [4.78, 5) is 2.56. The van der Waals surface area contributed by atoms with Crippen LogP contribution >= 0.6 is 0 Å². The lowest BCUT2D eigenvalue weighted by Crippen LogP contribution is -2.25. The largest absolute Gasteiger partial charge is 0.371 e. The molecule has 1 aromatic carbocycles. The summed E-state index contributed by atoms with van der Waals surface area (Å²) >= 11 is 0. The van der Waals surface area contributed by atoms with Crippen molar-refractivity contribution in [1.29, 1.82) is 0 Å². The van der Waals surface area contributed by atoms with Gasteiger partial charge < -0.3 is 10.2 Å². The molecule has 0 amide bonds. The van der Waals surface area contributed by atoms with Gasteiger partial charge >= 0.3 is 0 Å². The van der Waals surface area contributed by atoms with E-state index < -0.39 is 0 Å². The molecule has 2 atom stereocenters. The molecule has 1 aromatic rings. The first-order valence-electron chi connectivity index (χ1n) is 5.86. The summed E-state index contributed by atoms with van der Waals surface area (Å²) in [7, 11) is 0. The third kappa shape index (κ3) is 1.53. The van der Waals surface area contributed by atoms with Gasteiger partial charge in [-0.05, 0) is 30.4 Å². The molecule has 2 heteroatoms. The molecule has 0 spiro atoms. The maximum Gasteiger partial charge on any atom is 0.0396 e. The van der Waals surface area contributed by atoms with Crippen molar-refractivity contribution in [1.82, 2.24) is 5.32 Å². The van der Waals surface area contributed by atoms with Crippen molar-refractivity contribution < 1.29 is 0 Å². The maximum absolute atomic E-state index is 3.48. The van der Waals surface area contributed by atoms with Crippen LogP contribution in [0.5, 0.6) is 0 Å². The van der Waals surface area contributed by atoms with Crippen molar-refractivity contribution in [3.8, 4) is 0 Å². The van der Waals surface area contributed by atoms with E-state index in [-0.39, 0.29) is 0 Å². The van der Waals surface area contributed by atoms with E-state index in [0.29, 0.717) is 0 Å². The Morgan fingerprint density at radius 2 is 1.80 bits per heavy atom. The molecule has 80 valence electrons. The molecule has 0 aromatic heterocycles. The van der Waals surface area contributed by atoms with Crippen LogP contribution in [-0.4, -0.2) is 26.2 Å². The Hall–Kier alpha value is -1.02. The number of aryl methyl sites for hydroxylation is 1. The first-order chi connectivity index (χ1) is 7.34. The molecular weight excluding hydrogens is 184 g/mol. The fourth-order valence-corrected chi connectivity index (χ4v) is 2.97. The predicted octanol–water partition coefficient (Wildman–Crippen LogP) is 1.65. The van der Waals surface area contributed by atoms with Crippen LogP contribution in [0.3, 0.4) is 0 Å². The highest BCUT2D eigenvalue weighted by atomic mass is 15.2. The molecule has 15 heavy (non-hydrogen) atoms. The van der Waals surface area contributed by atoms with Gasteiger partial charge in [0.05, 0.1) is 0 Å². The van der Waals surface area contributed by atoms with Gasteiger partial charge in [-0.3, -0.25) is 0 Å². The van der Waals surface area contributed by atoms with Gasteiger partial charge in [-0.25, -0.2) is 0 Å². The van der Waals surface area contributed by atoms with Crippen LogP contribution in [0, 0.1) is 18.8 Å². The molecule has 2 aliphatic rings. The Balaban J connectivity index is 1.82. The van der Waals surface area contributed by atoms with Crippen LogP contribution in [0.2, 0.25) is 0 Å². The second kappa shape index (κ2) is 3.53. The van der Waals surface area contributed by atoms with Crippen LogP contribution in [0.4, 0.5) is 5.69 Å². The van der Waals surface area contributed by atoms with Crippen LogP contribution in [-0.2, 0) is 0 Å². The number of anilines is 1. The average Bonchev–Trinajstić information content (AvgIpc) is 2.77. The third-order valence-corrected chi connectivity index (χ3v) is 3.85. The number of para-hydroxylation sites is 1. The summed E-state index contributed by atoms with van der Waals surface area (Å²) < 4.78 is 0. The fourth-order valence-electron chi connectivity index (χ4n) is 2.97. The standard InChI is InChI=1S/C13H18N2/c1-10-4-2-3-5-13(10)15-8-11-6-14-7-12(11)9-15/h2-5,11-12,14H,6-9H2,1H3. The van der Waals surface area contributed by atoms with Crippen LogP contribution in [0.1, 0.15) is 5.56 Å². The zero-order chi connectivity index (χ0) is 10.3. The topological polar surface area (TPSA) is 15.3 Å². The minimum atomic E-state index is 0.879. The number of hydrogen-bond acceptors (Lipinski definition) is 2. The average molecular weight is 202 g/mol. The highest BCUT2D eigenvalue weighted by Gasteiger charge is 2.36. The zero-order valence-corrected chi connectivity index (χ0v) is 9.24. The van der Waals surface area contributed by atoms with E-state index >= 15 is 0 Å².